The van der Waals surface area contributed by atoms with Gasteiger partial charge in [0.05, 0.1) is 17.3 Å². The Morgan fingerprint density at radius 2 is 1.94 bits per heavy atom. The average Bonchev–Trinajstić information content (AvgIpc) is 3.45. The number of thioether (sulfide) groups is 1. The summed E-state index contributed by atoms with van der Waals surface area (Å²) in [4.78, 5) is 27.5. The second kappa shape index (κ2) is 8.30. The molecule has 1 unspecified atom stereocenters. The van der Waals surface area contributed by atoms with Gasteiger partial charge in [-0.1, -0.05) is 29.3 Å². The maximum absolute atomic E-state index is 13.3. The van der Waals surface area contributed by atoms with E-state index in [-0.39, 0.29) is 18.2 Å². The molecule has 3 aromatic rings. The van der Waals surface area contributed by atoms with Crippen molar-refractivity contribution in [2.45, 2.75) is 31.8 Å². The molecule has 1 saturated heterocycles. The molecule has 2 aromatic carbocycles. The minimum atomic E-state index is -0.426. The number of benzene rings is 2. The Bertz CT molecular complexity index is 1220. The van der Waals surface area contributed by atoms with Crippen molar-refractivity contribution in [2.75, 3.05) is 16.8 Å². The van der Waals surface area contributed by atoms with Crippen LogP contribution >= 0.6 is 23.4 Å². The molecule has 5 rings (SSSR count). The first-order chi connectivity index (χ1) is 15.4. The first kappa shape index (κ1) is 21.1. The van der Waals surface area contributed by atoms with E-state index in [9.17, 15) is 9.59 Å². The van der Waals surface area contributed by atoms with Crippen LogP contribution in [0.5, 0.6) is 0 Å². The number of anilines is 2. The number of amides is 2. The molecular weight excluding hydrogens is 444 g/mol. The van der Waals surface area contributed by atoms with Crippen molar-refractivity contribution < 1.29 is 9.59 Å². The summed E-state index contributed by atoms with van der Waals surface area (Å²) in [7, 11) is 0. The predicted octanol–water partition coefficient (Wildman–Crippen LogP) is 4.88. The summed E-state index contributed by atoms with van der Waals surface area (Å²) in [5.74, 6) is 1.74. The average molecular weight is 467 g/mol. The zero-order valence-electron chi connectivity index (χ0n) is 17.9. The Labute approximate surface area is 195 Å². The summed E-state index contributed by atoms with van der Waals surface area (Å²) in [6.45, 7) is 4.46. The standard InChI is InChI=1S/C24H23ClN4O2S/c1-14-3-8-21(15(2)9-14)29-23(19-12-32-13-20(19)27-29)26-24(31)16-10-22(30)28(11-16)18-6-4-17(25)5-7-18/h3-9,16H,10-13H2,1-2H3,(H,26,31). The van der Waals surface area contributed by atoms with Crippen molar-refractivity contribution in [3.05, 3.63) is 69.9 Å². The summed E-state index contributed by atoms with van der Waals surface area (Å²) >= 11 is 7.76. The Hall–Kier alpha value is -2.77. The van der Waals surface area contributed by atoms with Crippen LogP contribution in [0.15, 0.2) is 42.5 Å². The number of carbonyl (C=O) groups excluding carboxylic acids is 2. The van der Waals surface area contributed by atoms with Crippen LogP contribution in [-0.2, 0) is 21.1 Å². The number of hydrogen-bond donors (Lipinski definition) is 1. The van der Waals surface area contributed by atoms with Gasteiger partial charge in [0.15, 0.2) is 0 Å². The minimum absolute atomic E-state index is 0.0591. The summed E-state index contributed by atoms with van der Waals surface area (Å²) in [6.07, 6.45) is 0.184. The van der Waals surface area contributed by atoms with E-state index in [1.54, 1.807) is 40.9 Å². The van der Waals surface area contributed by atoms with Crippen LogP contribution in [0.4, 0.5) is 11.5 Å². The fourth-order valence-corrected chi connectivity index (χ4v) is 5.49. The van der Waals surface area contributed by atoms with Gasteiger partial charge in [-0.15, -0.1) is 0 Å². The maximum atomic E-state index is 13.3. The molecule has 164 valence electrons. The third-order valence-corrected chi connectivity index (χ3v) is 7.23. The molecule has 1 N–H and O–H groups in total. The third kappa shape index (κ3) is 3.80. The van der Waals surface area contributed by atoms with E-state index in [0.29, 0.717) is 11.6 Å². The van der Waals surface area contributed by atoms with E-state index >= 15 is 0 Å². The monoisotopic (exact) mass is 466 g/mol. The largest absolute Gasteiger partial charge is 0.312 e. The number of aromatic nitrogens is 2. The maximum Gasteiger partial charge on any atom is 0.230 e. The van der Waals surface area contributed by atoms with Crippen LogP contribution in [0.3, 0.4) is 0 Å². The van der Waals surface area contributed by atoms with Crippen LogP contribution < -0.4 is 10.2 Å². The molecule has 0 radical (unpaired) electrons. The smallest absolute Gasteiger partial charge is 0.230 e. The molecule has 1 atom stereocenters. The van der Waals surface area contributed by atoms with Crippen LogP contribution in [-0.4, -0.2) is 28.1 Å². The van der Waals surface area contributed by atoms with Gasteiger partial charge in [-0.05, 0) is 49.7 Å². The Balaban J connectivity index is 1.41. The third-order valence-electron chi connectivity index (χ3n) is 6.01. The predicted molar refractivity (Wildman–Crippen MR) is 129 cm³/mol. The fraction of sp³-hybridized carbons (Fsp3) is 0.292. The van der Waals surface area contributed by atoms with Crippen molar-refractivity contribution in [3.8, 4) is 5.69 Å². The zero-order valence-corrected chi connectivity index (χ0v) is 19.5. The zero-order chi connectivity index (χ0) is 22.4. The van der Waals surface area contributed by atoms with E-state index in [1.807, 2.05) is 10.7 Å². The number of halogens is 1. The SMILES string of the molecule is Cc1ccc(-n2nc3c(c2NC(=O)C2CC(=O)N(c4ccc(Cl)cc4)C2)CSC3)c(C)c1. The lowest BCUT2D eigenvalue weighted by Crippen LogP contribution is -2.29. The van der Waals surface area contributed by atoms with Crippen LogP contribution in [0.2, 0.25) is 5.02 Å². The molecule has 0 aliphatic carbocycles. The number of hydrogen-bond acceptors (Lipinski definition) is 4. The molecule has 2 aliphatic rings. The van der Waals surface area contributed by atoms with Gasteiger partial charge in [0.2, 0.25) is 11.8 Å². The molecule has 32 heavy (non-hydrogen) atoms. The lowest BCUT2D eigenvalue weighted by Gasteiger charge is -2.17. The number of nitrogens with one attached hydrogen (secondary N) is 1. The molecule has 8 heteroatoms. The summed E-state index contributed by atoms with van der Waals surface area (Å²) < 4.78 is 1.85. The summed E-state index contributed by atoms with van der Waals surface area (Å²) in [5, 5.41) is 8.54. The molecule has 6 nitrogen and oxygen atoms in total. The van der Waals surface area contributed by atoms with Crippen molar-refractivity contribution in [1.29, 1.82) is 0 Å². The highest BCUT2D eigenvalue weighted by atomic mass is 35.5. The highest BCUT2D eigenvalue weighted by Gasteiger charge is 2.36. The molecule has 2 aliphatic heterocycles. The quantitative estimate of drug-likeness (QED) is 0.595. The van der Waals surface area contributed by atoms with E-state index in [4.69, 9.17) is 16.7 Å². The molecule has 2 amide bonds. The second-order valence-corrected chi connectivity index (χ2v) is 9.76. The molecule has 1 aromatic heterocycles. The Morgan fingerprint density at radius 1 is 1.16 bits per heavy atom. The van der Waals surface area contributed by atoms with E-state index < -0.39 is 5.92 Å². The number of rotatable bonds is 4. The highest BCUT2D eigenvalue weighted by molar-refractivity contribution is 7.98. The van der Waals surface area contributed by atoms with Crippen molar-refractivity contribution >= 4 is 46.7 Å². The summed E-state index contributed by atoms with van der Waals surface area (Å²) in [6, 6.07) is 13.3. The first-order valence-electron chi connectivity index (χ1n) is 10.5. The van der Waals surface area contributed by atoms with Crippen LogP contribution in [0.25, 0.3) is 5.69 Å². The molecule has 0 saturated carbocycles. The number of fused-ring (bicyclic) bond motifs is 1. The topological polar surface area (TPSA) is 67.2 Å². The number of aryl methyl sites for hydroxylation is 2. The molecule has 0 spiro atoms. The second-order valence-electron chi connectivity index (χ2n) is 8.34. The lowest BCUT2D eigenvalue weighted by molar-refractivity contribution is -0.122. The number of carbonyl (C=O) groups is 2. The van der Waals surface area contributed by atoms with Gasteiger partial charge in [0.1, 0.15) is 5.82 Å². The molecule has 1 fully saturated rings. The Morgan fingerprint density at radius 3 is 2.69 bits per heavy atom. The Kier molecular flexibility index (Phi) is 5.47. The van der Waals surface area contributed by atoms with E-state index in [2.05, 4.69) is 31.3 Å². The van der Waals surface area contributed by atoms with E-state index in [1.165, 1.54) is 5.56 Å². The van der Waals surface area contributed by atoms with Gasteiger partial charge in [0.25, 0.3) is 0 Å². The molecular formula is C24H23ClN4O2S. The van der Waals surface area contributed by atoms with Gasteiger partial charge < -0.3 is 10.2 Å². The van der Waals surface area contributed by atoms with E-state index in [0.717, 1.165) is 45.5 Å². The van der Waals surface area contributed by atoms with Crippen molar-refractivity contribution in [3.63, 3.8) is 0 Å². The fourth-order valence-electron chi connectivity index (χ4n) is 4.33. The van der Waals surface area contributed by atoms with Gasteiger partial charge in [-0.25, -0.2) is 4.68 Å². The van der Waals surface area contributed by atoms with Gasteiger partial charge in [0, 0.05) is 40.7 Å². The number of nitrogens with zero attached hydrogens (tertiary/aromatic N) is 3. The summed E-state index contributed by atoms with van der Waals surface area (Å²) in [5.41, 5.74) is 6.07. The van der Waals surface area contributed by atoms with Gasteiger partial charge >= 0.3 is 0 Å². The molecule has 3 heterocycles. The van der Waals surface area contributed by atoms with Crippen molar-refractivity contribution in [2.24, 2.45) is 5.92 Å². The van der Waals surface area contributed by atoms with Crippen LogP contribution in [0.1, 0.15) is 28.8 Å². The lowest BCUT2D eigenvalue weighted by atomic mass is 10.1. The van der Waals surface area contributed by atoms with Gasteiger partial charge in [-0.3, -0.25) is 9.59 Å². The molecule has 0 bridgehead atoms. The minimum Gasteiger partial charge on any atom is -0.312 e. The first-order valence-corrected chi connectivity index (χ1v) is 12.1. The highest BCUT2D eigenvalue weighted by Crippen LogP contribution is 2.37. The van der Waals surface area contributed by atoms with Crippen LogP contribution in [0, 0.1) is 19.8 Å². The normalized spacial score (nSPS) is 17.7. The van der Waals surface area contributed by atoms with Crippen molar-refractivity contribution in [1.82, 2.24) is 9.78 Å². The van der Waals surface area contributed by atoms with Gasteiger partial charge in [-0.2, -0.15) is 16.9 Å².